The number of carbonyl (C=O) groups is 2. The highest BCUT2D eigenvalue weighted by Crippen LogP contribution is 2.22. The van der Waals surface area contributed by atoms with Gasteiger partial charge < -0.3 is 0 Å². The molecule has 0 saturated carbocycles. The third kappa shape index (κ3) is 2.85. The molecule has 0 aliphatic carbocycles. The molecular formula is C12H12BrNO3. The van der Waals surface area contributed by atoms with Crippen LogP contribution in [0.15, 0.2) is 33.9 Å². The summed E-state index contributed by atoms with van der Waals surface area (Å²) in [6.45, 7) is 2.42. The molecule has 17 heavy (non-hydrogen) atoms. The van der Waals surface area contributed by atoms with Gasteiger partial charge in [-0.25, -0.2) is 0 Å². The summed E-state index contributed by atoms with van der Waals surface area (Å²) in [6.07, 6.45) is 0.00838. The topological polar surface area (TPSA) is 63.6 Å². The van der Waals surface area contributed by atoms with Crippen molar-refractivity contribution >= 4 is 27.5 Å². The molecule has 0 amide bonds. The molecule has 0 N–H and O–H groups in total. The summed E-state index contributed by atoms with van der Waals surface area (Å²) in [5.74, 6) is -1.05. The second-order valence-corrected chi connectivity index (χ2v) is 4.78. The second kappa shape index (κ2) is 5.31. The van der Waals surface area contributed by atoms with Crippen molar-refractivity contribution in [3.05, 3.63) is 39.2 Å². The highest BCUT2D eigenvalue weighted by molar-refractivity contribution is 9.10. The monoisotopic (exact) mass is 297 g/mol. The van der Waals surface area contributed by atoms with E-state index in [0.717, 1.165) is 10.0 Å². The largest absolute Gasteiger partial charge is 0.297 e. The van der Waals surface area contributed by atoms with Gasteiger partial charge in [-0.1, -0.05) is 28.1 Å². The molecule has 0 spiro atoms. The SMILES string of the molecule is CC(=O)C(Cc1ccc(Br)cc1)(N=O)C(C)=O. The first-order chi connectivity index (χ1) is 7.92. The zero-order valence-electron chi connectivity index (χ0n) is 9.57. The Morgan fingerprint density at radius 3 is 2.00 bits per heavy atom. The summed E-state index contributed by atoms with van der Waals surface area (Å²) < 4.78 is 0.886. The Morgan fingerprint density at radius 1 is 1.18 bits per heavy atom. The zero-order chi connectivity index (χ0) is 13.1. The smallest absolute Gasteiger partial charge is 0.221 e. The van der Waals surface area contributed by atoms with Gasteiger partial charge in [-0.05, 0) is 36.7 Å². The molecule has 0 radical (unpaired) electrons. The van der Waals surface area contributed by atoms with Crippen molar-refractivity contribution in [1.29, 1.82) is 0 Å². The molecule has 1 aromatic carbocycles. The Labute approximate surface area is 108 Å². The van der Waals surface area contributed by atoms with Gasteiger partial charge in [0.1, 0.15) is 0 Å². The van der Waals surface area contributed by atoms with Crippen molar-refractivity contribution in [1.82, 2.24) is 0 Å². The van der Waals surface area contributed by atoms with Crippen molar-refractivity contribution in [3.8, 4) is 0 Å². The minimum Gasteiger partial charge on any atom is -0.297 e. The van der Waals surface area contributed by atoms with Crippen LogP contribution in [0.1, 0.15) is 19.4 Å². The molecule has 0 aliphatic rings. The lowest BCUT2D eigenvalue weighted by atomic mass is 9.85. The normalized spacial score (nSPS) is 11.0. The molecule has 1 rings (SSSR count). The van der Waals surface area contributed by atoms with E-state index in [2.05, 4.69) is 21.1 Å². The summed E-state index contributed by atoms with van der Waals surface area (Å²) in [7, 11) is 0. The Bertz CT molecular complexity index is 439. The molecular weight excluding hydrogens is 286 g/mol. The third-order valence-electron chi connectivity index (χ3n) is 2.69. The Balaban J connectivity index is 3.10. The van der Waals surface area contributed by atoms with Gasteiger partial charge in [0.25, 0.3) is 0 Å². The number of nitrogens with zero attached hydrogens (tertiary/aromatic N) is 1. The maximum atomic E-state index is 11.5. The fourth-order valence-corrected chi connectivity index (χ4v) is 1.82. The lowest BCUT2D eigenvalue weighted by Gasteiger charge is -2.20. The number of hydrogen-bond donors (Lipinski definition) is 0. The van der Waals surface area contributed by atoms with E-state index in [1.807, 2.05) is 0 Å². The molecule has 0 unspecified atom stereocenters. The molecule has 0 bridgehead atoms. The number of hydrogen-bond acceptors (Lipinski definition) is 4. The number of benzene rings is 1. The second-order valence-electron chi connectivity index (χ2n) is 3.87. The van der Waals surface area contributed by atoms with E-state index in [1.165, 1.54) is 13.8 Å². The van der Waals surface area contributed by atoms with Gasteiger partial charge in [0.15, 0.2) is 11.6 Å². The van der Waals surface area contributed by atoms with Gasteiger partial charge in [-0.15, -0.1) is 4.91 Å². The molecule has 4 nitrogen and oxygen atoms in total. The molecule has 1 aromatic rings. The standard InChI is InChI=1S/C12H12BrNO3/c1-8(15)12(14-17,9(2)16)7-10-3-5-11(13)6-4-10/h3-6H,7H2,1-2H3. The molecule has 90 valence electrons. The lowest BCUT2D eigenvalue weighted by Crippen LogP contribution is -2.44. The van der Waals surface area contributed by atoms with Crippen LogP contribution in [0.2, 0.25) is 0 Å². The van der Waals surface area contributed by atoms with Crippen LogP contribution in [0.25, 0.3) is 0 Å². The van der Waals surface area contributed by atoms with Gasteiger partial charge >= 0.3 is 0 Å². The number of halogens is 1. The molecule has 0 aliphatic heterocycles. The predicted octanol–water partition coefficient (Wildman–Crippen LogP) is 2.67. The maximum Gasteiger partial charge on any atom is 0.221 e. The minimum absolute atomic E-state index is 0.00838. The number of rotatable bonds is 5. The lowest BCUT2D eigenvalue weighted by molar-refractivity contribution is -0.132. The first-order valence-corrected chi connectivity index (χ1v) is 5.82. The van der Waals surface area contributed by atoms with Crippen LogP contribution >= 0.6 is 15.9 Å². The molecule has 0 fully saturated rings. The van der Waals surface area contributed by atoms with Gasteiger partial charge in [0, 0.05) is 10.9 Å². The molecule has 0 aromatic heterocycles. The summed E-state index contributed by atoms with van der Waals surface area (Å²) in [6, 6.07) is 7.06. The van der Waals surface area contributed by atoms with E-state index >= 15 is 0 Å². The van der Waals surface area contributed by atoms with E-state index in [0.29, 0.717) is 0 Å². The highest BCUT2D eigenvalue weighted by atomic mass is 79.9. The van der Waals surface area contributed by atoms with Crippen LogP contribution in [-0.4, -0.2) is 17.1 Å². The predicted molar refractivity (Wildman–Crippen MR) is 67.7 cm³/mol. The van der Waals surface area contributed by atoms with Gasteiger partial charge in [0.2, 0.25) is 5.54 Å². The quantitative estimate of drug-likeness (QED) is 0.620. The summed E-state index contributed by atoms with van der Waals surface area (Å²) in [4.78, 5) is 33.9. The van der Waals surface area contributed by atoms with Crippen molar-refractivity contribution in [3.63, 3.8) is 0 Å². The average Bonchev–Trinajstić information content (AvgIpc) is 2.27. The number of Topliss-reactive ketones (excluding diaryl/α,β-unsaturated/α-hetero) is 2. The van der Waals surface area contributed by atoms with E-state index in [4.69, 9.17) is 0 Å². The molecule has 0 atom stereocenters. The number of ketones is 2. The van der Waals surface area contributed by atoms with Gasteiger partial charge in [-0.2, -0.15) is 0 Å². The minimum atomic E-state index is -1.78. The molecule has 5 heteroatoms. The number of carbonyl (C=O) groups excluding carboxylic acids is 2. The fraction of sp³-hybridized carbons (Fsp3) is 0.333. The van der Waals surface area contributed by atoms with Crippen LogP contribution in [-0.2, 0) is 16.0 Å². The van der Waals surface area contributed by atoms with Crippen LogP contribution in [0.3, 0.4) is 0 Å². The highest BCUT2D eigenvalue weighted by Gasteiger charge is 2.42. The van der Waals surface area contributed by atoms with Crippen LogP contribution in [0.5, 0.6) is 0 Å². The van der Waals surface area contributed by atoms with Crippen LogP contribution in [0, 0.1) is 4.91 Å². The van der Waals surface area contributed by atoms with E-state index in [9.17, 15) is 14.5 Å². The van der Waals surface area contributed by atoms with Crippen LogP contribution in [0.4, 0.5) is 0 Å². The molecule has 0 saturated heterocycles. The van der Waals surface area contributed by atoms with E-state index in [1.54, 1.807) is 24.3 Å². The Kier molecular flexibility index (Phi) is 4.28. The van der Waals surface area contributed by atoms with Crippen molar-refractivity contribution in [2.75, 3.05) is 0 Å². The van der Waals surface area contributed by atoms with E-state index < -0.39 is 17.1 Å². The van der Waals surface area contributed by atoms with Gasteiger partial charge in [-0.3, -0.25) is 9.59 Å². The summed E-state index contributed by atoms with van der Waals surface area (Å²) >= 11 is 3.28. The van der Waals surface area contributed by atoms with E-state index in [-0.39, 0.29) is 6.42 Å². The Hall–Kier alpha value is -1.36. The maximum absolute atomic E-state index is 11.5. The zero-order valence-corrected chi connectivity index (χ0v) is 11.2. The summed E-state index contributed by atoms with van der Waals surface area (Å²) in [5.41, 5.74) is -1.06. The third-order valence-corrected chi connectivity index (χ3v) is 3.22. The average molecular weight is 298 g/mol. The van der Waals surface area contributed by atoms with Crippen LogP contribution < -0.4 is 0 Å². The van der Waals surface area contributed by atoms with Gasteiger partial charge in [0.05, 0.1) is 0 Å². The van der Waals surface area contributed by atoms with Crippen molar-refractivity contribution in [2.45, 2.75) is 25.8 Å². The first-order valence-electron chi connectivity index (χ1n) is 5.03. The summed E-state index contributed by atoms with van der Waals surface area (Å²) in [5, 5.41) is 2.78. The van der Waals surface area contributed by atoms with Crippen molar-refractivity contribution in [2.24, 2.45) is 5.18 Å². The van der Waals surface area contributed by atoms with Crippen molar-refractivity contribution < 1.29 is 9.59 Å². The first kappa shape index (κ1) is 13.7. The molecule has 0 heterocycles. The number of nitroso groups, excluding NO2 is 1. The Morgan fingerprint density at radius 2 is 1.65 bits per heavy atom. The fourth-order valence-electron chi connectivity index (χ4n) is 1.56.